The van der Waals surface area contributed by atoms with Gasteiger partial charge in [-0.2, -0.15) is 0 Å². The zero-order valence-corrected chi connectivity index (χ0v) is 15.6. The number of benzene rings is 2. The molecule has 0 radical (unpaired) electrons. The predicted molar refractivity (Wildman–Crippen MR) is 101 cm³/mol. The lowest BCUT2D eigenvalue weighted by Gasteiger charge is -2.18. The van der Waals surface area contributed by atoms with E-state index in [9.17, 15) is 4.79 Å². The molecule has 2 aromatic carbocycles. The van der Waals surface area contributed by atoms with Crippen molar-refractivity contribution in [2.75, 3.05) is 26.2 Å². The van der Waals surface area contributed by atoms with Crippen molar-refractivity contribution in [2.45, 2.75) is 13.8 Å². The van der Waals surface area contributed by atoms with E-state index >= 15 is 0 Å². The summed E-state index contributed by atoms with van der Waals surface area (Å²) in [6, 6.07) is 11.9. The van der Waals surface area contributed by atoms with Crippen molar-refractivity contribution in [3.63, 3.8) is 0 Å². The molecule has 0 N–H and O–H groups in total. The Balaban J connectivity index is 1.77. The van der Waals surface area contributed by atoms with E-state index in [-0.39, 0.29) is 5.78 Å². The number of fused-ring (bicyclic) bond motifs is 3. The number of ketones is 1. The van der Waals surface area contributed by atoms with E-state index in [1.54, 1.807) is 0 Å². The van der Waals surface area contributed by atoms with Crippen LogP contribution in [0, 0.1) is 3.57 Å². The number of ether oxygens (including phenoxy) is 1. The molecule has 0 atom stereocenters. The molecule has 4 heteroatoms. The first kappa shape index (κ1) is 16.5. The Bertz CT molecular complexity index is 738. The minimum Gasteiger partial charge on any atom is -0.492 e. The monoisotopic (exact) mass is 421 g/mol. The normalized spacial score (nSPS) is 12.4. The summed E-state index contributed by atoms with van der Waals surface area (Å²) in [5.74, 6) is 0.870. The van der Waals surface area contributed by atoms with E-state index in [1.807, 2.05) is 36.4 Å². The molecule has 0 spiro atoms. The van der Waals surface area contributed by atoms with Gasteiger partial charge in [0.2, 0.25) is 0 Å². The fraction of sp³-hybridized carbons (Fsp3) is 0.316. The van der Waals surface area contributed by atoms with Crippen LogP contribution in [-0.2, 0) is 0 Å². The molecule has 1 aliphatic rings. The van der Waals surface area contributed by atoms with E-state index in [1.165, 1.54) is 0 Å². The molecule has 0 amide bonds. The van der Waals surface area contributed by atoms with E-state index in [2.05, 4.69) is 41.3 Å². The Morgan fingerprint density at radius 3 is 2.30 bits per heavy atom. The predicted octanol–water partition coefficient (Wildman–Crippen LogP) is 4.22. The second-order valence-electron chi connectivity index (χ2n) is 5.60. The lowest BCUT2D eigenvalue weighted by atomic mass is 10.1. The first-order valence-corrected chi connectivity index (χ1v) is 9.05. The second kappa shape index (κ2) is 7.01. The smallest absolute Gasteiger partial charge is 0.194 e. The maximum absolute atomic E-state index is 12.6. The molecule has 3 nitrogen and oxygen atoms in total. The molecule has 0 aliphatic heterocycles. The van der Waals surface area contributed by atoms with E-state index in [4.69, 9.17) is 4.74 Å². The molecule has 0 heterocycles. The first-order chi connectivity index (χ1) is 11.1. The van der Waals surface area contributed by atoms with Gasteiger partial charge in [0.25, 0.3) is 0 Å². The fourth-order valence-corrected chi connectivity index (χ4v) is 3.44. The number of nitrogens with zero attached hydrogens (tertiary/aromatic N) is 1. The highest BCUT2D eigenvalue weighted by molar-refractivity contribution is 14.1. The highest BCUT2D eigenvalue weighted by atomic mass is 127. The van der Waals surface area contributed by atoms with Crippen molar-refractivity contribution in [1.29, 1.82) is 0 Å². The average molecular weight is 421 g/mol. The third-order valence-electron chi connectivity index (χ3n) is 4.32. The summed E-state index contributed by atoms with van der Waals surface area (Å²) in [5.41, 5.74) is 3.59. The molecule has 0 fully saturated rings. The van der Waals surface area contributed by atoms with Crippen molar-refractivity contribution < 1.29 is 9.53 Å². The van der Waals surface area contributed by atoms with Crippen molar-refractivity contribution in [3.8, 4) is 16.9 Å². The van der Waals surface area contributed by atoms with E-state index in [0.29, 0.717) is 6.61 Å². The van der Waals surface area contributed by atoms with Crippen molar-refractivity contribution in [1.82, 2.24) is 4.90 Å². The van der Waals surface area contributed by atoms with Gasteiger partial charge in [0.05, 0.1) is 0 Å². The molecule has 2 aromatic rings. The van der Waals surface area contributed by atoms with Crippen LogP contribution in [0.15, 0.2) is 36.4 Å². The molecule has 3 rings (SSSR count). The lowest BCUT2D eigenvalue weighted by Crippen LogP contribution is -2.27. The largest absolute Gasteiger partial charge is 0.492 e. The quantitative estimate of drug-likeness (QED) is 0.559. The summed E-state index contributed by atoms with van der Waals surface area (Å²) in [5, 5.41) is 0. The number of rotatable bonds is 6. The van der Waals surface area contributed by atoms with Gasteiger partial charge >= 0.3 is 0 Å². The molecule has 0 bridgehead atoms. The van der Waals surface area contributed by atoms with Crippen LogP contribution in [0.5, 0.6) is 5.75 Å². The lowest BCUT2D eigenvalue weighted by molar-refractivity contribution is 0.104. The third-order valence-corrected chi connectivity index (χ3v) is 4.99. The van der Waals surface area contributed by atoms with E-state index < -0.39 is 0 Å². The Morgan fingerprint density at radius 2 is 1.61 bits per heavy atom. The standard InChI is InChI=1S/C19H20INO2/c1-3-21(4-2)9-10-23-14-6-8-16-15-7-5-13(20)11-17(15)19(22)18(16)12-14/h5-8,11-12H,3-4,9-10H2,1-2H3. The Labute approximate surface area is 150 Å². The number of hydrogen-bond donors (Lipinski definition) is 0. The third kappa shape index (κ3) is 3.28. The minimum absolute atomic E-state index is 0.0997. The van der Waals surface area contributed by atoms with Gasteiger partial charge in [-0.25, -0.2) is 0 Å². The molecular formula is C19H20INO2. The zero-order chi connectivity index (χ0) is 16.4. The highest BCUT2D eigenvalue weighted by Gasteiger charge is 2.27. The van der Waals surface area contributed by atoms with Crippen LogP contribution < -0.4 is 4.74 Å². The van der Waals surface area contributed by atoms with Gasteiger partial charge < -0.3 is 9.64 Å². The van der Waals surface area contributed by atoms with E-state index in [0.717, 1.165) is 51.2 Å². The highest BCUT2D eigenvalue weighted by Crippen LogP contribution is 2.38. The van der Waals surface area contributed by atoms with Gasteiger partial charge in [-0.3, -0.25) is 4.79 Å². The summed E-state index contributed by atoms with van der Waals surface area (Å²) >= 11 is 2.24. The molecule has 0 aromatic heterocycles. The molecule has 0 unspecified atom stereocenters. The van der Waals surface area contributed by atoms with Crippen LogP contribution in [0.1, 0.15) is 29.8 Å². The molecule has 0 saturated heterocycles. The van der Waals surface area contributed by atoms with Gasteiger partial charge in [-0.15, -0.1) is 0 Å². The number of hydrogen-bond acceptors (Lipinski definition) is 3. The van der Waals surface area contributed by atoms with Gasteiger partial charge in [-0.1, -0.05) is 19.9 Å². The van der Waals surface area contributed by atoms with Crippen LogP contribution in [0.3, 0.4) is 0 Å². The SMILES string of the molecule is CCN(CC)CCOc1ccc2c(c1)C(=O)c1cc(I)ccc1-2. The zero-order valence-electron chi connectivity index (χ0n) is 13.4. The van der Waals surface area contributed by atoms with Gasteiger partial charge in [0, 0.05) is 21.2 Å². The topological polar surface area (TPSA) is 29.5 Å². The summed E-state index contributed by atoms with van der Waals surface area (Å²) in [7, 11) is 0. The van der Waals surface area contributed by atoms with Gasteiger partial charge in [-0.05, 0) is 77.1 Å². The summed E-state index contributed by atoms with van der Waals surface area (Å²) < 4.78 is 6.92. The van der Waals surface area contributed by atoms with Crippen LogP contribution in [0.25, 0.3) is 11.1 Å². The summed E-state index contributed by atoms with van der Waals surface area (Å²) in [4.78, 5) is 14.9. The first-order valence-electron chi connectivity index (χ1n) is 7.97. The Morgan fingerprint density at radius 1 is 0.957 bits per heavy atom. The Kier molecular flexibility index (Phi) is 5.02. The molecule has 23 heavy (non-hydrogen) atoms. The second-order valence-corrected chi connectivity index (χ2v) is 6.85. The summed E-state index contributed by atoms with van der Waals surface area (Å²) in [6.45, 7) is 7.88. The maximum Gasteiger partial charge on any atom is 0.194 e. The number of likely N-dealkylation sites (N-methyl/N-ethyl adjacent to an activating group) is 1. The van der Waals surface area contributed by atoms with Gasteiger partial charge in [0.15, 0.2) is 5.78 Å². The summed E-state index contributed by atoms with van der Waals surface area (Å²) in [6.07, 6.45) is 0. The molecule has 1 aliphatic carbocycles. The number of carbonyl (C=O) groups is 1. The van der Waals surface area contributed by atoms with Gasteiger partial charge in [0.1, 0.15) is 12.4 Å². The van der Waals surface area contributed by atoms with Crippen LogP contribution in [-0.4, -0.2) is 36.9 Å². The van der Waals surface area contributed by atoms with Crippen molar-refractivity contribution in [2.24, 2.45) is 0 Å². The van der Waals surface area contributed by atoms with Crippen LogP contribution in [0.4, 0.5) is 0 Å². The molecule has 120 valence electrons. The molecule has 0 saturated carbocycles. The van der Waals surface area contributed by atoms with Crippen molar-refractivity contribution >= 4 is 28.4 Å². The fourth-order valence-electron chi connectivity index (χ4n) is 2.95. The number of carbonyl (C=O) groups excluding carboxylic acids is 1. The van der Waals surface area contributed by atoms with Crippen LogP contribution >= 0.6 is 22.6 Å². The average Bonchev–Trinajstić information content (AvgIpc) is 2.84. The number of halogens is 1. The Hall–Kier alpha value is -1.40. The van der Waals surface area contributed by atoms with Crippen molar-refractivity contribution in [3.05, 3.63) is 51.1 Å². The van der Waals surface area contributed by atoms with Crippen LogP contribution in [0.2, 0.25) is 0 Å². The maximum atomic E-state index is 12.6. The molecular weight excluding hydrogens is 401 g/mol. The minimum atomic E-state index is 0.0997.